The van der Waals surface area contributed by atoms with Gasteiger partial charge >= 0.3 is 5.69 Å². The summed E-state index contributed by atoms with van der Waals surface area (Å²) in [5, 5.41) is 2.60. The Balaban J connectivity index is 2.23. The predicted octanol–water partition coefficient (Wildman–Crippen LogP) is -0.591. The van der Waals surface area contributed by atoms with Crippen molar-refractivity contribution in [2.45, 2.75) is 6.54 Å². The number of amides is 1. The molecule has 0 unspecified atom stereocenters. The Kier molecular flexibility index (Phi) is 3.79. The molecule has 0 saturated carbocycles. The third-order valence-electron chi connectivity index (χ3n) is 2.85. The molecule has 2 heterocycles. The largest absolute Gasteiger partial charge is 0.346 e. The molecule has 0 fully saturated rings. The molecule has 0 atom stereocenters. The van der Waals surface area contributed by atoms with Gasteiger partial charge in [0, 0.05) is 26.5 Å². The van der Waals surface area contributed by atoms with Gasteiger partial charge in [-0.05, 0) is 12.1 Å². The first-order chi connectivity index (χ1) is 9.50. The van der Waals surface area contributed by atoms with Crippen LogP contribution in [-0.2, 0) is 20.6 Å². The molecule has 0 bridgehead atoms. The zero-order valence-electron chi connectivity index (χ0n) is 11.2. The second-order valence-electron chi connectivity index (χ2n) is 4.30. The fourth-order valence-electron chi connectivity index (χ4n) is 1.73. The lowest BCUT2D eigenvalue weighted by atomic mass is 10.3. The SMILES string of the molecule is Cn1cc(C(=O)NCc2ccccn2)c(=O)n(C)c1=O. The van der Waals surface area contributed by atoms with Gasteiger partial charge in [-0.1, -0.05) is 6.07 Å². The second kappa shape index (κ2) is 5.52. The van der Waals surface area contributed by atoms with Crippen molar-refractivity contribution in [3.63, 3.8) is 0 Å². The van der Waals surface area contributed by atoms with Gasteiger partial charge in [-0.15, -0.1) is 0 Å². The van der Waals surface area contributed by atoms with Crippen molar-refractivity contribution in [1.82, 2.24) is 19.4 Å². The number of hydrogen-bond donors (Lipinski definition) is 1. The van der Waals surface area contributed by atoms with E-state index in [1.807, 2.05) is 0 Å². The number of rotatable bonds is 3. The number of aryl methyl sites for hydroxylation is 1. The van der Waals surface area contributed by atoms with Gasteiger partial charge in [0.1, 0.15) is 5.56 Å². The van der Waals surface area contributed by atoms with Crippen LogP contribution in [0, 0.1) is 0 Å². The summed E-state index contributed by atoms with van der Waals surface area (Å²) in [6, 6.07) is 5.34. The van der Waals surface area contributed by atoms with Crippen molar-refractivity contribution in [1.29, 1.82) is 0 Å². The number of carbonyl (C=O) groups excluding carboxylic acids is 1. The molecule has 1 N–H and O–H groups in total. The number of carbonyl (C=O) groups is 1. The first kappa shape index (κ1) is 13.7. The molecular formula is C13H14N4O3. The summed E-state index contributed by atoms with van der Waals surface area (Å²) in [4.78, 5) is 39.4. The van der Waals surface area contributed by atoms with E-state index in [2.05, 4.69) is 10.3 Å². The monoisotopic (exact) mass is 274 g/mol. The van der Waals surface area contributed by atoms with Gasteiger partial charge in [-0.2, -0.15) is 0 Å². The maximum Gasteiger partial charge on any atom is 0.330 e. The number of nitrogens with zero attached hydrogens (tertiary/aromatic N) is 3. The molecule has 0 aliphatic heterocycles. The normalized spacial score (nSPS) is 10.3. The molecule has 20 heavy (non-hydrogen) atoms. The number of hydrogen-bond acceptors (Lipinski definition) is 4. The quantitative estimate of drug-likeness (QED) is 0.810. The van der Waals surface area contributed by atoms with Gasteiger partial charge in [0.25, 0.3) is 11.5 Å². The fraction of sp³-hybridized carbons (Fsp3) is 0.231. The molecule has 2 rings (SSSR count). The van der Waals surface area contributed by atoms with E-state index in [1.165, 1.54) is 24.9 Å². The third-order valence-corrected chi connectivity index (χ3v) is 2.85. The molecule has 0 saturated heterocycles. The average Bonchev–Trinajstić information content (AvgIpc) is 2.47. The molecule has 7 nitrogen and oxygen atoms in total. The van der Waals surface area contributed by atoms with Gasteiger partial charge in [0.15, 0.2) is 0 Å². The molecule has 2 aromatic rings. The number of aromatic nitrogens is 3. The highest BCUT2D eigenvalue weighted by Crippen LogP contribution is 1.94. The Morgan fingerprint density at radius 2 is 2.05 bits per heavy atom. The summed E-state index contributed by atoms with van der Waals surface area (Å²) >= 11 is 0. The molecule has 0 spiro atoms. The molecule has 2 aromatic heterocycles. The summed E-state index contributed by atoms with van der Waals surface area (Å²) < 4.78 is 2.09. The Morgan fingerprint density at radius 1 is 1.30 bits per heavy atom. The number of nitrogens with one attached hydrogen (secondary N) is 1. The summed E-state index contributed by atoms with van der Waals surface area (Å²) in [6.07, 6.45) is 2.85. The zero-order chi connectivity index (χ0) is 14.7. The lowest BCUT2D eigenvalue weighted by Gasteiger charge is -2.07. The molecule has 104 valence electrons. The highest BCUT2D eigenvalue weighted by Gasteiger charge is 2.14. The zero-order valence-corrected chi connectivity index (χ0v) is 11.2. The van der Waals surface area contributed by atoms with Crippen molar-refractivity contribution < 1.29 is 4.79 Å². The maximum absolute atomic E-state index is 12.0. The van der Waals surface area contributed by atoms with Gasteiger partial charge in [-0.3, -0.25) is 19.1 Å². The predicted molar refractivity (Wildman–Crippen MR) is 72.3 cm³/mol. The average molecular weight is 274 g/mol. The summed E-state index contributed by atoms with van der Waals surface area (Å²) in [6.45, 7) is 0.214. The van der Waals surface area contributed by atoms with Crippen LogP contribution in [0.5, 0.6) is 0 Å². The van der Waals surface area contributed by atoms with E-state index in [9.17, 15) is 14.4 Å². The first-order valence-electron chi connectivity index (χ1n) is 5.95. The summed E-state index contributed by atoms with van der Waals surface area (Å²) in [7, 11) is 2.82. The van der Waals surface area contributed by atoms with Crippen LogP contribution in [0.15, 0.2) is 40.2 Å². The topological polar surface area (TPSA) is 86.0 Å². The van der Waals surface area contributed by atoms with E-state index >= 15 is 0 Å². The third kappa shape index (κ3) is 2.66. The van der Waals surface area contributed by atoms with Crippen LogP contribution in [0.1, 0.15) is 16.1 Å². The van der Waals surface area contributed by atoms with Gasteiger partial charge < -0.3 is 9.88 Å². The minimum absolute atomic E-state index is 0.0782. The van der Waals surface area contributed by atoms with E-state index in [0.717, 1.165) is 4.57 Å². The Labute approximate surface area is 114 Å². The molecule has 1 amide bonds. The standard InChI is InChI=1S/C13H14N4O3/c1-16-8-10(12(19)17(2)13(16)20)11(18)15-7-9-5-3-4-6-14-9/h3-6,8H,7H2,1-2H3,(H,15,18). The highest BCUT2D eigenvalue weighted by atomic mass is 16.2. The Morgan fingerprint density at radius 3 is 2.70 bits per heavy atom. The molecule has 0 aliphatic rings. The van der Waals surface area contributed by atoms with Crippen molar-refractivity contribution >= 4 is 5.91 Å². The van der Waals surface area contributed by atoms with Crippen LogP contribution >= 0.6 is 0 Å². The lowest BCUT2D eigenvalue weighted by Crippen LogP contribution is -2.41. The Hall–Kier alpha value is -2.70. The summed E-state index contributed by atoms with van der Waals surface area (Å²) in [5.74, 6) is -0.535. The van der Waals surface area contributed by atoms with Crippen molar-refractivity contribution in [2.24, 2.45) is 14.1 Å². The summed E-state index contributed by atoms with van der Waals surface area (Å²) in [5.41, 5.74) is -0.490. The van der Waals surface area contributed by atoms with Crippen LogP contribution in [0.3, 0.4) is 0 Å². The minimum atomic E-state index is -0.619. The molecule has 0 aromatic carbocycles. The second-order valence-corrected chi connectivity index (χ2v) is 4.30. The highest BCUT2D eigenvalue weighted by molar-refractivity contribution is 5.93. The minimum Gasteiger partial charge on any atom is -0.346 e. The van der Waals surface area contributed by atoms with Crippen molar-refractivity contribution in [3.05, 3.63) is 62.7 Å². The molecule has 7 heteroatoms. The van der Waals surface area contributed by atoms with Gasteiger partial charge in [0.05, 0.1) is 12.2 Å². The molecule has 0 radical (unpaired) electrons. The van der Waals surface area contributed by atoms with E-state index in [0.29, 0.717) is 5.69 Å². The smallest absolute Gasteiger partial charge is 0.330 e. The maximum atomic E-state index is 12.0. The van der Waals surface area contributed by atoms with E-state index in [1.54, 1.807) is 24.4 Å². The lowest BCUT2D eigenvalue weighted by molar-refractivity contribution is 0.0947. The van der Waals surface area contributed by atoms with Gasteiger partial charge in [-0.25, -0.2) is 4.79 Å². The van der Waals surface area contributed by atoms with Crippen molar-refractivity contribution in [2.75, 3.05) is 0 Å². The van der Waals surface area contributed by atoms with Crippen LogP contribution in [0.25, 0.3) is 0 Å². The Bertz CT molecular complexity index is 746. The van der Waals surface area contributed by atoms with Gasteiger partial charge in [0.2, 0.25) is 0 Å². The molecule has 0 aliphatic carbocycles. The number of pyridine rings is 1. The van der Waals surface area contributed by atoms with E-state index in [4.69, 9.17) is 0 Å². The molecular weight excluding hydrogens is 260 g/mol. The van der Waals surface area contributed by atoms with Crippen LogP contribution in [-0.4, -0.2) is 20.0 Å². The first-order valence-corrected chi connectivity index (χ1v) is 5.95. The van der Waals surface area contributed by atoms with E-state index in [-0.39, 0.29) is 12.1 Å². The fourth-order valence-corrected chi connectivity index (χ4v) is 1.73. The van der Waals surface area contributed by atoms with E-state index < -0.39 is 17.2 Å². The van der Waals surface area contributed by atoms with Crippen LogP contribution < -0.4 is 16.6 Å². The van der Waals surface area contributed by atoms with Crippen LogP contribution in [0.2, 0.25) is 0 Å². The van der Waals surface area contributed by atoms with Crippen molar-refractivity contribution in [3.8, 4) is 0 Å². The van der Waals surface area contributed by atoms with Crippen LogP contribution in [0.4, 0.5) is 0 Å².